The van der Waals surface area contributed by atoms with Crippen molar-refractivity contribution >= 4 is 5.97 Å². The van der Waals surface area contributed by atoms with Crippen LogP contribution >= 0.6 is 0 Å². The average molecular weight is 219 g/mol. The average Bonchev–Trinajstić information content (AvgIpc) is 2.65. The van der Waals surface area contributed by atoms with Crippen LogP contribution < -0.4 is 5.32 Å². The van der Waals surface area contributed by atoms with Crippen LogP contribution in [0.3, 0.4) is 0 Å². The minimum absolute atomic E-state index is 0.126. The first-order valence-corrected chi connectivity index (χ1v) is 5.66. The summed E-state index contributed by atoms with van der Waals surface area (Å²) in [5.74, 6) is -0.126. The maximum Gasteiger partial charge on any atom is 0.323 e. The van der Waals surface area contributed by atoms with Gasteiger partial charge in [0.1, 0.15) is 6.04 Å². The van der Waals surface area contributed by atoms with Crippen LogP contribution in [0.5, 0.6) is 0 Å². The highest BCUT2D eigenvalue weighted by Crippen LogP contribution is 2.16. The highest BCUT2D eigenvalue weighted by atomic mass is 16.5. The number of ether oxygens (including phenoxy) is 1. The molecular weight excluding hydrogens is 202 g/mol. The van der Waals surface area contributed by atoms with Gasteiger partial charge in [-0.1, -0.05) is 29.8 Å². The molecule has 1 aliphatic rings. The van der Waals surface area contributed by atoms with E-state index in [1.165, 1.54) is 11.1 Å². The standard InChI is InChI=1S/C13H17NO2/c1-9-3-5-11(6-4-9)10(2)14-12-7-8-16-13(12)15/h3-6,10,12,14H,7-8H2,1-2H3. The third-order valence-electron chi connectivity index (χ3n) is 2.96. The number of cyclic esters (lactones) is 1. The zero-order valence-electron chi connectivity index (χ0n) is 9.69. The molecule has 2 rings (SSSR count). The van der Waals surface area contributed by atoms with E-state index in [0.717, 1.165) is 6.42 Å². The van der Waals surface area contributed by atoms with Crippen molar-refractivity contribution in [1.82, 2.24) is 5.32 Å². The summed E-state index contributed by atoms with van der Waals surface area (Å²) >= 11 is 0. The molecule has 1 N–H and O–H groups in total. The Morgan fingerprint density at radius 1 is 1.38 bits per heavy atom. The summed E-state index contributed by atoms with van der Waals surface area (Å²) in [6.45, 7) is 4.67. The predicted molar refractivity (Wildman–Crippen MR) is 62.1 cm³/mol. The Hall–Kier alpha value is -1.35. The van der Waals surface area contributed by atoms with E-state index in [0.29, 0.717) is 6.61 Å². The van der Waals surface area contributed by atoms with Crippen LogP contribution in [0.15, 0.2) is 24.3 Å². The van der Waals surface area contributed by atoms with Gasteiger partial charge in [0.05, 0.1) is 6.61 Å². The molecule has 1 aliphatic heterocycles. The Balaban J connectivity index is 1.99. The molecule has 1 saturated heterocycles. The number of rotatable bonds is 3. The Bertz CT molecular complexity index is 372. The van der Waals surface area contributed by atoms with Crippen LogP contribution in [-0.2, 0) is 9.53 Å². The summed E-state index contributed by atoms with van der Waals surface area (Å²) in [6, 6.07) is 8.38. The van der Waals surface area contributed by atoms with Crippen molar-refractivity contribution in [3.63, 3.8) is 0 Å². The minimum Gasteiger partial charge on any atom is -0.464 e. The third-order valence-corrected chi connectivity index (χ3v) is 2.96. The lowest BCUT2D eigenvalue weighted by Gasteiger charge is -2.17. The summed E-state index contributed by atoms with van der Waals surface area (Å²) < 4.78 is 4.92. The van der Waals surface area contributed by atoms with E-state index in [9.17, 15) is 4.79 Å². The molecule has 1 aromatic rings. The first kappa shape index (κ1) is 11.1. The zero-order chi connectivity index (χ0) is 11.5. The summed E-state index contributed by atoms with van der Waals surface area (Å²) in [4.78, 5) is 11.3. The molecular formula is C13H17NO2. The minimum atomic E-state index is -0.142. The molecule has 16 heavy (non-hydrogen) atoms. The fourth-order valence-electron chi connectivity index (χ4n) is 1.90. The van der Waals surface area contributed by atoms with Crippen LogP contribution in [0, 0.1) is 6.92 Å². The third kappa shape index (κ3) is 2.42. The molecule has 1 heterocycles. The molecule has 2 unspecified atom stereocenters. The Morgan fingerprint density at radius 3 is 2.62 bits per heavy atom. The zero-order valence-corrected chi connectivity index (χ0v) is 9.69. The number of hydrogen-bond acceptors (Lipinski definition) is 3. The van der Waals surface area contributed by atoms with Crippen LogP contribution in [0.25, 0.3) is 0 Å². The molecule has 0 saturated carbocycles. The summed E-state index contributed by atoms with van der Waals surface area (Å²) in [5, 5.41) is 3.29. The maximum atomic E-state index is 11.3. The molecule has 1 fully saturated rings. The lowest BCUT2D eigenvalue weighted by molar-refractivity contribution is -0.139. The number of aryl methyl sites for hydroxylation is 1. The molecule has 0 aromatic heterocycles. The maximum absolute atomic E-state index is 11.3. The van der Waals surface area contributed by atoms with E-state index in [1.54, 1.807) is 0 Å². The van der Waals surface area contributed by atoms with Crippen LogP contribution in [0.2, 0.25) is 0 Å². The van der Waals surface area contributed by atoms with Gasteiger partial charge in [-0.2, -0.15) is 0 Å². The predicted octanol–water partition coefficient (Wildman–Crippen LogP) is 1.96. The molecule has 1 aromatic carbocycles. The highest BCUT2D eigenvalue weighted by molar-refractivity contribution is 5.77. The van der Waals surface area contributed by atoms with Gasteiger partial charge in [0.15, 0.2) is 0 Å². The van der Waals surface area contributed by atoms with Gasteiger partial charge in [-0.05, 0) is 19.4 Å². The van der Waals surface area contributed by atoms with E-state index in [4.69, 9.17) is 4.74 Å². The lowest BCUT2D eigenvalue weighted by atomic mass is 10.1. The summed E-state index contributed by atoms with van der Waals surface area (Å²) in [7, 11) is 0. The molecule has 2 atom stereocenters. The Morgan fingerprint density at radius 2 is 2.06 bits per heavy atom. The molecule has 0 aliphatic carbocycles. The van der Waals surface area contributed by atoms with Crippen molar-refractivity contribution in [3.8, 4) is 0 Å². The fourth-order valence-corrected chi connectivity index (χ4v) is 1.90. The van der Waals surface area contributed by atoms with Crippen molar-refractivity contribution in [2.24, 2.45) is 0 Å². The Kier molecular flexibility index (Phi) is 3.25. The first-order valence-electron chi connectivity index (χ1n) is 5.66. The van der Waals surface area contributed by atoms with E-state index in [2.05, 4.69) is 43.4 Å². The second-order valence-electron chi connectivity index (χ2n) is 4.31. The van der Waals surface area contributed by atoms with Crippen LogP contribution in [0.4, 0.5) is 0 Å². The van der Waals surface area contributed by atoms with Crippen molar-refractivity contribution in [2.75, 3.05) is 6.61 Å². The van der Waals surface area contributed by atoms with E-state index in [1.807, 2.05) is 0 Å². The number of carbonyl (C=O) groups excluding carboxylic acids is 1. The summed E-state index contributed by atoms with van der Waals surface area (Å²) in [6.07, 6.45) is 0.773. The molecule has 3 heteroatoms. The van der Waals surface area contributed by atoms with Gasteiger partial charge < -0.3 is 4.74 Å². The van der Waals surface area contributed by atoms with Gasteiger partial charge in [0.2, 0.25) is 0 Å². The summed E-state index contributed by atoms with van der Waals surface area (Å²) in [5.41, 5.74) is 2.45. The quantitative estimate of drug-likeness (QED) is 0.790. The van der Waals surface area contributed by atoms with Gasteiger partial charge in [-0.3, -0.25) is 10.1 Å². The second kappa shape index (κ2) is 4.66. The fraction of sp³-hybridized carbons (Fsp3) is 0.462. The van der Waals surface area contributed by atoms with Gasteiger partial charge >= 0.3 is 5.97 Å². The van der Waals surface area contributed by atoms with Gasteiger partial charge in [0, 0.05) is 12.5 Å². The molecule has 0 amide bonds. The van der Waals surface area contributed by atoms with Crippen molar-refractivity contribution < 1.29 is 9.53 Å². The number of hydrogen-bond donors (Lipinski definition) is 1. The van der Waals surface area contributed by atoms with E-state index < -0.39 is 0 Å². The molecule has 0 bridgehead atoms. The molecule has 0 spiro atoms. The van der Waals surface area contributed by atoms with Gasteiger partial charge in [-0.25, -0.2) is 0 Å². The molecule has 86 valence electrons. The first-order chi connectivity index (χ1) is 7.66. The SMILES string of the molecule is Cc1ccc(C(C)NC2CCOC2=O)cc1. The Labute approximate surface area is 95.8 Å². The lowest BCUT2D eigenvalue weighted by Crippen LogP contribution is -2.34. The number of benzene rings is 1. The number of esters is 1. The van der Waals surface area contributed by atoms with Gasteiger partial charge in [0.25, 0.3) is 0 Å². The molecule has 0 radical (unpaired) electrons. The van der Waals surface area contributed by atoms with E-state index >= 15 is 0 Å². The second-order valence-corrected chi connectivity index (χ2v) is 4.31. The van der Waals surface area contributed by atoms with Gasteiger partial charge in [-0.15, -0.1) is 0 Å². The normalized spacial score (nSPS) is 21.9. The monoisotopic (exact) mass is 219 g/mol. The largest absolute Gasteiger partial charge is 0.464 e. The number of carbonyl (C=O) groups is 1. The van der Waals surface area contributed by atoms with E-state index in [-0.39, 0.29) is 18.1 Å². The smallest absolute Gasteiger partial charge is 0.323 e. The van der Waals surface area contributed by atoms with Crippen molar-refractivity contribution in [2.45, 2.75) is 32.4 Å². The molecule has 3 nitrogen and oxygen atoms in total. The highest BCUT2D eigenvalue weighted by Gasteiger charge is 2.27. The van der Waals surface area contributed by atoms with Crippen LogP contribution in [-0.4, -0.2) is 18.6 Å². The van der Waals surface area contributed by atoms with Crippen molar-refractivity contribution in [1.29, 1.82) is 0 Å². The van der Waals surface area contributed by atoms with Crippen LogP contribution in [0.1, 0.15) is 30.5 Å². The number of nitrogens with one attached hydrogen (secondary N) is 1. The topological polar surface area (TPSA) is 38.3 Å². The van der Waals surface area contributed by atoms with Crippen molar-refractivity contribution in [3.05, 3.63) is 35.4 Å².